The molecule has 0 saturated carbocycles. The van der Waals surface area contributed by atoms with Gasteiger partial charge in [-0.05, 0) is 37.1 Å². The number of carboxylic acid groups (broad SMARTS) is 1. The SMILES string of the molecule is C=CCn1c(COc2cc(C)cc(C)c2)nnc1SCC(=O)O. The fraction of sp³-hybridized carbons (Fsp3) is 0.312. The predicted octanol–water partition coefficient (Wildman–Crippen LogP) is 2.84. The normalized spacial score (nSPS) is 10.5. The van der Waals surface area contributed by atoms with Crippen LogP contribution in [0.3, 0.4) is 0 Å². The topological polar surface area (TPSA) is 77.2 Å². The number of ether oxygens (including phenoxy) is 1. The van der Waals surface area contributed by atoms with Crippen LogP contribution in [0.5, 0.6) is 5.75 Å². The van der Waals surface area contributed by atoms with Gasteiger partial charge in [0.1, 0.15) is 12.4 Å². The van der Waals surface area contributed by atoms with E-state index in [4.69, 9.17) is 9.84 Å². The number of nitrogens with zero attached hydrogens (tertiary/aromatic N) is 3. The Morgan fingerprint density at radius 2 is 2.04 bits per heavy atom. The van der Waals surface area contributed by atoms with Gasteiger partial charge < -0.3 is 9.84 Å². The van der Waals surface area contributed by atoms with E-state index in [1.807, 2.05) is 30.5 Å². The van der Waals surface area contributed by atoms with Crippen molar-refractivity contribution in [2.45, 2.75) is 32.2 Å². The third kappa shape index (κ3) is 4.85. The van der Waals surface area contributed by atoms with Crippen LogP contribution < -0.4 is 4.74 Å². The van der Waals surface area contributed by atoms with Crippen LogP contribution in [0, 0.1) is 13.8 Å². The molecule has 1 N–H and O–H groups in total. The van der Waals surface area contributed by atoms with Crippen molar-refractivity contribution < 1.29 is 14.6 Å². The number of carbonyl (C=O) groups is 1. The average Bonchev–Trinajstić information content (AvgIpc) is 2.85. The Kier molecular flexibility index (Phi) is 5.81. The van der Waals surface area contributed by atoms with Crippen molar-refractivity contribution in [3.63, 3.8) is 0 Å². The quantitative estimate of drug-likeness (QED) is 0.591. The predicted molar refractivity (Wildman–Crippen MR) is 88.8 cm³/mol. The van der Waals surface area contributed by atoms with E-state index in [9.17, 15) is 4.79 Å². The first kappa shape index (κ1) is 17.1. The summed E-state index contributed by atoms with van der Waals surface area (Å²) in [6, 6.07) is 6.00. The second-order valence-corrected chi connectivity index (χ2v) is 6.04. The molecule has 0 unspecified atom stereocenters. The molecule has 0 aliphatic heterocycles. The number of carboxylic acids is 1. The Balaban J connectivity index is 2.12. The molecular formula is C16H19N3O3S. The number of hydrogen-bond donors (Lipinski definition) is 1. The van der Waals surface area contributed by atoms with Crippen molar-refractivity contribution in [3.05, 3.63) is 47.8 Å². The molecule has 23 heavy (non-hydrogen) atoms. The van der Waals surface area contributed by atoms with Gasteiger partial charge in [-0.15, -0.1) is 16.8 Å². The van der Waals surface area contributed by atoms with Crippen molar-refractivity contribution in [2.75, 3.05) is 5.75 Å². The van der Waals surface area contributed by atoms with Crippen LogP contribution in [0.25, 0.3) is 0 Å². The third-order valence-corrected chi connectivity index (χ3v) is 3.94. The van der Waals surface area contributed by atoms with Crippen LogP contribution in [0.2, 0.25) is 0 Å². The van der Waals surface area contributed by atoms with Crippen LogP contribution in [0.1, 0.15) is 17.0 Å². The lowest BCUT2D eigenvalue weighted by Gasteiger charge is -2.10. The largest absolute Gasteiger partial charge is 0.486 e. The molecule has 1 heterocycles. The van der Waals surface area contributed by atoms with Crippen LogP contribution in [-0.2, 0) is 17.9 Å². The van der Waals surface area contributed by atoms with E-state index in [1.165, 1.54) is 0 Å². The van der Waals surface area contributed by atoms with Gasteiger partial charge in [0.15, 0.2) is 11.0 Å². The van der Waals surface area contributed by atoms with Gasteiger partial charge in [0, 0.05) is 6.54 Å². The van der Waals surface area contributed by atoms with Crippen molar-refractivity contribution in [1.82, 2.24) is 14.8 Å². The van der Waals surface area contributed by atoms with E-state index in [0.717, 1.165) is 28.6 Å². The first-order valence-electron chi connectivity index (χ1n) is 7.08. The Morgan fingerprint density at radius 3 is 2.65 bits per heavy atom. The monoisotopic (exact) mass is 333 g/mol. The molecule has 122 valence electrons. The summed E-state index contributed by atoms with van der Waals surface area (Å²) in [7, 11) is 0. The first-order chi connectivity index (χ1) is 11.0. The lowest BCUT2D eigenvalue weighted by molar-refractivity contribution is -0.133. The summed E-state index contributed by atoms with van der Waals surface area (Å²) in [4.78, 5) is 10.7. The highest BCUT2D eigenvalue weighted by Crippen LogP contribution is 2.20. The zero-order valence-corrected chi connectivity index (χ0v) is 14.0. The van der Waals surface area contributed by atoms with Crippen molar-refractivity contribution in [1.29, 1.82) is 0 Å². The Morgan fingerprint density at radius 1 is 1.35 bits per heavy atom. The maximum atomic E-state index is 10.7. The summed E-state index contributed by atoms with van der Waals surface area (Å²) in [6.07, 6.45) is 1.72. The van der Waals surface area contributed by atoms with Gasteiger partial charge in [-0.25, -0.2) is 0 Å². The summed E-state index contributed by atoms with van der Waals surface area (Å²) in [6.45, 7) is 8.50. The number of rotatable bonds is 8. The third-order valence-electron chi connectivity index (χ3n) is 2.99. The zero-order chi connectivity index (χ0) is 16.8. The Hall–Kier alpha value is -2.28. The second-order valence-electron chi connectivity index (χ2n) is 5.09. The van der Waals surface area contributed by atoms with Crippen molar-refractivity contribution in [3.8, 4) is 5.75 Å². The molecule has 0 bridgehead atoms. The fourth-order valence-electron chi connectivity index (χ4n) is 2.14. The number of aryl methyl sites for hydroxylation is 2. The van der Waals surface area contributed by atoms with E-state index < -0.39 is 5.97 Å². The highest BCUT2D eigenvalue weighted by molar-refractivity contribution is 7.99. The maximum absolute atomic E-state index is 10.7. The number of hydrogen-bond acceptors (Lipinski definition) is 5. The van der Waals surface area contributed by atoms with Crippen LogP contribution in [0.15, 0.2) is 36.0 Å². The minimum Gasteiger partial charge on any atom is -0.486 e. The molecule has 2 rings (SSSR count). The van der Waals surface area contributed by atoms with Gasteiger partial charge >= 0.3 is 5.97 Å². The van der Waals surface area contributed by atoms with Gasteiger partial charge in [0.2, 0.25) is 0 Å². The number of aliphatic carboxylic acids is 1. The second kappa shape index (κ2) is 7.82. The van der Waals surface area contributed by atoms with Crippen molar-refractivity contribution >= 4 is 17.7 Å². The smallest absolute Gasteiger partial charge is 0.313 e. The molecule has 2 aromatic rings. The summed E-state index contributed by atoms with van der Waals surface area (Å²) >= 11 is 1.13. The number of aromatic nitrogens is 3. The summed E-state index contributed by atoms with van der Waals surface area (Å²) in [5, 5.41) is 17.5. The van der Waals surface area contributed by atoms with Gasteiger partial charge in [-0.1, -0.05) is 23.9 Å². The van der Waals surface area contributed by atoms with E-state index in [1.54, 1.807) is 6.08 Å². The summed E-state index contributed by atoms with van der Waals surface area (Å²) < 4.78 is 7.61. The highest BCUT2D eigenvalue weighted by Gasteiger charge is 2.13. The summed E-state index contributed by atoms with van der Waals surface area (Å²) in [5.74, 6) is 0.455. The first-order valence-corrected chi connectivity index (χ1v) is 8.07. The van der Waals surface area contributed by atoms with Gasteiger partial charge in [-0.2, -0.15) is 0 Å². The van der Waals surface area contributed by atoms with Gasteiger partial charge in [0.05, 0.1) is 5.75 Å². The van der Waals surface area contributed by atoms with E-state index in [2.05, 4.69) is 22.8 Å². The fourth-order valence-corrected chi connectivity index (χ4v) is 2.82. The Bertz CT molecular complexity index is 692. The Labute approximate surface area is 139 Å². The molecule has 0 radical (unpaired) electrons. The molecule has 7 heteroatoms. The maximum Gasteiger partial charge on any atom is 0.313 e. The molecule has 0 aliphatic carbocycles. The van der Waals surface area contributed by atoms with Crippen LogP contribution in [0.4, 0.5) is 0 Å². The molecular weight excluding hydrogens is 314 g/mol. The minimum absolute atomic E-state index is 0.0623. The highest BCUT2D eigenvalue weighted by atomic mass is 32.2. The molecule has 0 saturated heterocycles. The van der Waals surface area contributed by atoms with Crippen LogP contribution >= 0.6 is 11.8 Å². The van der Waals surface area contributed by atoms with Gasteiger partial charge in [-0.3, -0.25) is 9.36 Å². The lowest BCUT2D eigenvalue weighted by atomic mass is 10.1. The molecule has 1 aromatic heterocycles. The molecule has 1 aromatic carbocycles. The molecule has 0 atom stereocenters. The van der Waals surface area contributed by atoms with E-state index in [-0.39, 0.29) is 12.4 Å². The average molecular weight is 333 g/mol. The summed E-state index contributed by atoms with van der Waals surface area (Å²) in [5.41, 5.74) is 2.26. The molecule has 0 spiro atoms. The van der Waals surface area contributed by atoms with E-state index in [0.29, 0.717) is 17.5 Å². The molecule has 0 fully saturated rings. The number of allylic oxidation sites excluding steroid dienone is 1. The van der Waals surface area contributed by atoms with Gasteiger partial charge in [0.25, 0.3) is 0 Å². The van der Waals surface area contributed by atoms with Crippen molar-refractivity contribution in [2.24, 2.45) is 0 Å². The molecule has 0 amide bonds. The number of benzene rings is 1. The van der Waals surface area contributed by atoms with Crippen LogP contribution in [-0.4, -0.2) is 31.6 Å². The lowest BCUT2D eigenvalue weighted by Crippen LogP contribution is -2.08. The number of thioether (sulfide) groups is 1. The standard InChI is InChI=1S/C16H19N3O3S/c1-4-5-19-14(17-18-16(19)23-10-15(20)21)9-22-13-7-11(2)6-12(3)8-13/h4,6-8H,1,5,9-10H2,2-3H3,(H,20,21). The van der Waals surface area contributed by atoms with E-state index >= 15 is 0 Å². The molecule has 0 aliphatic rings. The minimum atomic E-state index is -0.892. The molecule has 6 nitrogen and oxygen atoms in total. The zero-order valence-electron chi connectivity index (χ0n) is 13.2.